The van der Waals surface area contributed by atoms with Crippen LogP contribution in [0.25, 0.3) is 0 Å². The molecule has 0 amide bonds. The molecule has 0 fully saturated rings. The highest BCUT2D eigenvalue weighted by molar-refractivity contribution is 4.71. The summed E-state index contributed by atoms with van der Waals surface area (Å²) in [5.41, 5.74) is -0.0759. The molecule has 0 aliphatic carbocycles. The van der Waals surface area contributed by atoms with Crippen molar-refractivity contribution in [2.24, 2.45) is 0 Å². The van der Waals surface area contributed by atoms with E-state index in [9.17, 15) is 0 Å². The molecule has 1 unspecified atom stereocenters. The van der Waals surface area contributed by atoms with E-state index in [1.807, 2.05) is 0 Å². The molecule has 0 saturated heterocycles. The van der Waals surface area contributed by atoms with E-state index >= 15 is 0 Å². The van der Waals surface area contributed by atoms with E-state index in [-0.39, 0.29) is 17.3 Å². The molecule has 16 heavy (non-hydrogen) atoms. The lowest BCUT2D eigenvalue weighted by molar-refractivity contribution is -0.131. The third-order valence-corrected chi connectivity index (χ3v) is 3.30. The summed E-state index contributed by atoms with van der Waals surface area (Å²) in [6.07, 6.45) is 3.27. The average molecular weight is 230 g/mol. The first-order valence-electron chi connectivity index (χ1n) is 6.58. The predicted octanol–water partition coefficient (Wildman–Crippen LogP) is 4.18. The van der Waals surface area contributed by atoms with Gasteiger partial charge in [0, 0.05) is 0 Å². The lowest BCUT2D eigenvalue weighted by Crippen LogP contribution is -2.35. The lowest BCUT2D eigenvalue weighted by atomic mass is 10.1. The fourth-order valence-corrected chi connectivity index (χ4v) is 1.19. The molecular weight excluding hydrogens is 200 g/mol. The van der Waals surface area contributed by atoms with Crippen LogP contribution in [0, 0.1) is 0 Å². The standard InChI is InChI=1S/C14H30O2/c1-8-12(16-14(6,7)10-3)11-15-13(4,5)9-2/h12H,8-11H2,1-7H3. The van der Waals surface area contributed by atoms with E-state index in [1.54, 1.807) is 0 Å². The molecule has 0 aromatic heterocycles. The molecule has 0 N–H and O–H groups in total. The Labute approximate surface area is 102 Å². The van der Waals surface area contributed by atoms with Gasteiger partial charge in [-0.15, -0.1) is 0 Å². The molecule has 0 heterocycles. The second-order valence-corrected chi connectivity index (χ2v) is 5.69. The van der Waals surface area contributed by atoms with Gasteiger partial charge in [0.2, 0.25) is 0 Å². The van der Waals surface area contributed by atoms with Gasteiger partial charge >= 0.3 is 0 Å². The normalized spacial score (nSPS) is 15.2. The number of rotatable bonds is 8. The molecule has 0 saturated carbocycles. The van der Waals surface area contributed by atoms with E-state index in [0.717, 1.165) is 19.3 Å². The monoisotopic (exact) mass is 230 g/mol. The van der Waals surface area contributed by atoms with Gasteiger partial charge in [0.15, 0.2) is 0 Å². The van der Waals surface area contributed by atoms with E-state index in [1.165, 1.54) is 0 Å². The molecule has 0 spiro atoms. The Morgan fingerprint density at radius 3 is 1.75 bits per heavy atom. The second kappa shape index (κ2) is 6.61. The summed E-state index contributed by atoms with van der Waals surface area (Å²) in [7, 11) is 0. The highest BCUT2D eigenvalue weighted by Crippen LogP contribution is 2.20. The van der Waals surface area contributed by atoms with Gasteiger partial charge in [0.05, 0.1) is 23.9 Å². The molecule has 0 rings (SSSR count). The molecular formula is C14H30O2. The van der Waals surface area contributed by atoms with Crippen molar-refractivity contribution in [1.29, 1.82) is 0 Å². The van der Waals surface area contributed by atoms with Gasteiger partial charge < -0.3 is 9.47 Å². The predicted molar refractivity (Wildman–Crippen MR) is 69.9 cm³/mol. The van der Waals surface area contributed by atoms with Crippen LogP contribution in [0.5, 0.6) is 0 Å². The summed E-state index contributed by atoms with van der Waals surface area (Å²) >= 11 is 0. The van der Waals surface area contributed by atoms with E-state index < -0.39 is 0 Å². The van der Waals surface area contributed by atoms with Crippen molar-refractivity contribution in [3.63, 3.8) is 0 Å². The Kier molecular flexibility index (Phi) is 6.57. The van der Waals surface area contributed by atoms with Crippen LogP contribution in [-0.4, -0.2) is 23.9 Å². The van der Waals surface area contributed by atoms with E-state index in [2.05, 4.69) is 48.5 Å². The van der Waals surface area contributed by atoms with Crippen molar-refractivity contribution in [3.8, 4) is 0 Å². The van der Waals surface area contributed by atoms with Gasteiger partial charge in [-0.1, -0.05) is 20.8 Å². The molecule has 2 nitrogen and oxygen atoms in total. The van der Waals surface area contributed by atoms with Crippen LogP contribution in [0.15, 0.2) is 0 Å². The third kappa shape index (κ3) is 6.49. The summed E-state index contributed by atoms with van der Waals surface area (Å²) in [6.45, 7) is 15.7. The maximum Gasteiger partial charge on any atom is 0.0813 e. The van der Waals surface area contributed by atoms with Crippen LogP contribution >= 0.6 is 0 Å². The van der Waals surface area contributed by atoms with Crippen molar-refractivity contribution < 1.29 is 9.47 Å². The van der Waals surface area contributed by atoms with Crippen molar-refractivity contribution >= 4 is 0 Å². The SMILES string of the molecule is CCC(COC(C)(C)CC)OC(C)(C)CC. The Morgan fingerprint density at radius 1 is 0.875 bits per heavy atom. The van der Waals surface area contributed by atoms with Gasteiger partial charge in [-0.25, -0.2) is 0 Å². The Hall–Kier alpha value is -0.0800. The first kappa shape index (κ1) is 15.9. The molecule has 0 bridgehead atoms. The van der Waals surface area contributed by atoms with Crippen LogP contribution < -0.4 is 0 Å². The van der Waals surface area contributed by atoms with Crippen LogP contribution in [0.2, 0.25) is 0 Å². The minimum atomic E-state index is -0.0413. The third-order valence-electron chi connectivity index (χ3n) is 3.30. The molecule has 2 heteroatoms. The molecule has 0 aliphatic rings. The molecule has 0 radical (unpaired) electrons. The zero-order valence-electron chi connectivity index (χ0n) is 12.2. The summed E-state index contributed by atoms with van der Waals surface area (Å²) in [4.78, 5) is 0. The van der Waals surface area contributed by atoms with Crippen LogP contribution in [0.3, 0.4) is 0 Å². The van der Waals surface area contributed by atoms with Gasteiger partial charge in [0.1, 0.15) is 0 Å². The maximum absolute atomic E-state index is 6.05. The Balaban J connectivity index is 4.12. The van der Waals surface area contributed by atoms with Crippen LogP contribution in [0.4, 0.5) is 0 Å². The summed E-state index contributed by atoms with van der Waals surface area (Å²) in [5.74, 6) is 0. The molecule has 1 atom stereocenters. The molecule has 0 aromatic rings. The number of hydrogen-bond acceptors (Lipinski definition) is 2. The Morgan fingerprint density at radius 2 is 1.38 bits per heavy atom. The van der Waals surface area contributed by atoms with Crippen molar-refractivity contribution in [1.82, 2.24) is 0 Å². The first-order chi connectivity index (χ1) is 7.26. The molecule has 0 aliphatic heterocycles. The second-order valence-electron chi connectivity index (χ2n) is 5.69. The minimum Gasteiger partial charge on any atom is -0.373 e. The van der Waals surface area contributed by atoms with Gasteiger partial charge in [-0.05, 0) is 47.0 Å². The highest BCUT2D eigenvalue weighted by atomic mass is 16.6. The quantitative estimate of drug-likeness (QED) is 0.623. The van der Waals surface area contributed by atoms with Crippen molar-refractivity contribution in [3.05, 3.63) is 0 Å². The van der Waals surface area contributed by atoms with Gasteiger partial charge in [0.25, 0.3) is 0 Å². The molecule has 98 valence electrons. The maximum atomic E-state index is 6.05. The zero-order valence-corrected chi connectivity index (χ0v) is 12.2. The highest BCUT2D eigenvalue weighted by Gasteiger charge is 2.23. The minimum absolute atomic E-state index is 0.0346. The zero-order chi connectivity index (χ0) is 12.8. The van der Waals surface area contributed by atoms with Crippen molar-refractivity contribution in [2.45, 2.75) is 85.0 Å². The fourth-order valence-electron chi connectivity index (χ4n) is 1.19. The van der Waals surface area contributed by atoms with E-state index in [4.69, 9.17) is 9.47 Å². The smallest absolute Gasteiger partial charge is 0.0813 e. The summed E-state index contributed by atoms with van der Waals surface area (Å²) < 4.78 is 11.9. The first-order valence-corrected chi connectivity index (χ1v) is 6.58. The molecule has 0 aromatic carbocycles. The number of hydrogen-bond donors (Lipinski definition) is 0. The van der Waals surface area contributed by atoms with Crippen molar-refractivity contribution in [2.75, 3.05) is 6.61 Å². The number of ether oxygens (including phenoxy) is 2. The van der Waals surface area contributed by atoms with E-state index in [0.29, 0.717) is 6.61 Å². The summed E-state index contributed by atoms with van der Waals surface area (Å²) in [5, 5.41) is 0. The summed E-state index contributed by atoms with van der Waals surface area (Å²) in [6, 6.07) is 0. The Bertz CT molecular complexity index is 185. The average Bonchev–Trinajstić information content (AvgIpc) is 2.24. The van der Waals surface area contributed by atoms with Gasteiger partial charge in [-0.3, -0.25) is 0 Å². The fraction of sp³-hybridized carbons (Fsp3) is 1.00. The van der Waals surface area contributed by atoms with Crippen LogP contribution in [-0.2, 0) is 9.47 Å². The topological polar surface area (TPSA) is 18.5 Å². The largest absolute Gasteiger partial charge is 0.373 e. The van der Waals surface area contributed by atoms with Gasteiger partial charge in [-0.2, -0.15) is 0 Å². The van der Waals surface area contributed by atoms with Crippen LogP contribution in [0.1, 0.15) is 67.7 Å². The lowest BCUT2D eigenvalue weighted by Gasteiger charge is -2.32.